The van der Waals surface area contributed by atoms with Crippen LogP contribution in [0.3, 0.4) is 0 Å². The molecule has 0 spiro atoms. The van der Waals surface area contributed by atoms with Gasteiger partial charge in [0, 0.05) is 35.6 Å². The summed E-state index contributed by atoms with van der Waals surface area (Å²) in [5, 5.41) is 7.04. The van der Waals surface area contributed by atoms with E-state index in [-0.39, 0.29) is 29.5 Å². The highest BCUT2D eigenvalue weighted by Crippen LogP contribution is 2.38. The molecule has 2 aromatic carbocycles. The number of ether oxygens (including phenoxy) is 4. The largest absolute Gasteiger partial charge is 0.493 e. The van der Waals surface area contributed by atoms with E-state index in [1.807, 2.05) is 0 Å². The predicted octanol–water partition coefficient (Wildman–Crippen LogP) is 6.43. The fourth-order valence-electron chi connectivity index (χ4n) is 4.21. The minimum absolute atomic E-state index is 0.0372. The molecule has 0 fully saturated rings. The monoisotopic (exact) mass is 597 g/mol. The molecule has 10 nitrogen and oxygen atoms in total. The number of amides is 1. The summed E-state index contributed by atoms with van der Waals surface area (Å²) < 4.78 is 78.5. The van der Waals surface area contributed by atoms with Gasteiger partial charge in [-0.1, -0.05) is 0 Å². The number of nitrogens with zero attached hydrogens (tertiary/aromatic N) is 4. The number of nitrogens with one attached hydrogen (secondary N) is 1. The topological polar surface area (TPSA) is 110 Å². The molecular formula is C29H23F4N5O5. The van der Waals surface area contributed by atoms with Crippen LogP contribution in [0.2, 0.25) is 0 Å². The van der Waals surface area contributed by atoms with Crippen molar-refractivity contribution in [1.82, 2.24) is 19.7 Å². The third-order valence-corrected chi connectivity index (χ3v) is 6.16. The molecule has 0 aliphatic carbocycles. The van der Waals surface area contributed by atoms with Crippen molar-refractivity contribution in [2.45, 2.75) is 13.1 Å². The highest BCUT2D eigenvalue weighted by molar-refractivity contribution is 6.04. The Morgan fingerprint density at radius 2 is 1.72 bits per heavy atom. The van der Waals surface area contributed by atoms with Gasteiger partial charge in [-0.2, -0.15) is 18.3 Å². The lowest BCUT2D eigenvalue weighted by molar-refractivity contribution is -0.137. The molecule has 5 rings (SSSR count). The summed E-state index contributed by atoms with van der Waals surface area (Å²) in [7, 11) is 2.97. The number of hydrogen-bond acceptors (Lipinski definition) is 8. The van der Waals surface area contributed by atoms with E-state index in [9.17, 15) is 18.0 Å². The first-order valence-electron chi connectivity index (χ1n) is 12.7. The van der Waals surface area contributed by atoms with Crippen LogP contribution in [0.4, 0.5) is 23.2 Å². The minimum atomic E-state index is -4.69. The fraction of sp³-hybridized carbons (Fsp3) is 0.172. The second-order valence-electron chi connectivity index (χ2n) is 8.84. The number of alkyl halides is 3. The molecule has 0 saturated heterocycles. The predicted molar refractivity (Wildman–Crippen MR) is 147 cm³/mol. The number of aromatic nitrogens is 4. The normalized spacial score (nSPS) is 11.3. The molecule has 0 radical (unpaired) electrons. The lowest BCUT2D eigenvalue weighted by atomic mass is 10.2. The van der Waals surface area contributed by atoms with Gasteiger partial charge in [0.15, 0.2) is 34.5 Å². The fourth-order valence-corrected chi connectivity index (χ4v) is 4.21. The summed E-state index contributed by atoms with van der Waals surface area (Å²) >= 11 is 0. The maximum Gasteiger partial charge on any atom is 0.418 e. The quantitative estimate of drug-likeness (QED) is 0.194. The molecule has 3 aromatic heterocycles. The molecule has 0 aliphatic rings. The Balaban J connectivity index is 1.40. The standard InChI is InChI=1S/C29H23F4N5O5/c1-4-42-26-15-38(21-14-34-9-7-18(21)29(31,32)33)37-27(26)28(39)36-16-5-6-23(19(30)11-16)43-22-8-10-35-20-13-25(41-3)24(40-2)12-17(20)22/h5-15H,4H2,1-3H3,(H,36,39). The molecular weight excluding hydrogens is 574 g/mol. The van der Waals surface area contributed by atoms with Crippen molar-refractivity contribution >= 4 is 22.5 Å². The van der Waals surface area contributed by atoms with Crippen molar-refractivity contribution in [3.63, 3.8) is 0 Å². The van der Waals surface area contributed by atoms with Crippen LogP contribution in [0.25, 0.3) is 16.6 Å². The molecule has 0 bridgehead atoms. The van der Waals surface area contributed by atoms with Crippen LogP contribution < -0.4 is 24.3 Å². The van der Waals surface area contributed by atoms with Crippen LogP contribution in [0.1, 0.15) is 23.0 Å². The van der Waals surface area contributed by atoms with Crippen molar-refractivity contribution in [2.24, 2.45) is 0 Å². The van der Waals surface area contributed by atoms with E-state index >= 15 is 4.39 Å². The average molecular weight is 598 g/mol. The summed E-state index contributed by atoms with van der Waals surface area (Å²) in [6, 6.07) is 9.40. The molecule has 3 heterocycles. The van der Waals surface area contributed by atoms with E-state index in [1.54, 1.807) is 25.1 Å². The highest BCUT2D eigenvalue weighted by Gasteiger charge is 2.35. The second-order valence-corrected chi connectivity index (χ2v) is 8.84. The number of pyridine rings is 2. The Kier molecular flexibility index (Phi) is 8.01. The molecule has 0 unspecified atom stereocenters. The van der Waals surface area contributed by atoms with E-state index < -0.39 is 29.2 Å². The van der Waals surface area contributed by atoms with E-state index in [1.165, 1.54) is 32.5 Å². The van der Waals surface area contributed by atoms with Crippen LogP contribution in [0, 0.1) is 5.82 Å². The maximum atomic E-state index is 15.1. The third-order valence-electron chi connectivity index (χ3n) is 6.16. The number of anilines is 1. The van der Waals surface area contributed by atoms with Crippen molar-refractivity contribution in [1.29, 1.82) is 0 Å². The SMILES string of the molecule is CCOc1cn(-c2cnccc2C(F)(F)F)nc1C(=O)Nc1ccc(Oc2ccnc3cc(OC)c(OC)cc23)c(F)c1. The Bertz CT molecular complexity index is 1810. The summed E-state index contributed by atoms with van der Waals surface area (Å²) in [5.74, 6) is -0.673. The van der Waals surface area contributed by atoms with Crippen molar-refractivity contribution < 1.29 is 41.3 Å². The Labute approximate surface area is 241 Å². The summed E-state index contributed by atoms with van der Waals surface area (Å²) in [6.45, 7) is 1.74. The number of carbonyl (C=O) groups excluding carboxylic acids is 1. The van der Waals surface area contributed by atoms with Gasteiger partial charge in [-0.05, 0) is 37.3 Å². The number of halogens is 4. The summed E-state index contributed by atoms with van der Waals surface area (Å²) in [5.41, 5.74) is -1.15. The molecule has 222 valence electrons. The van der Waals surface area contributed by atoms with E-state index in [4.69, 9.17) is 18.9 Å². The molecule has 1 N–H and O–H groups in total. The maximum absolute atomic E-state index is 15.1. The molecule has 5 aromatic rings. The summed E-state index contributed by atoms with van der Waals surface area (Å²) in [4.78, 5) is 21.1. The minimum Gasteiger partial charge on any atom is -0.493 e. The highest BCUT2D eigenvalue weighted by atomic mass is 19.4. The van der Waals surface area contributed by atoms with Gasteiger partial charge in [0.2, 0.25) is 0 Å². The van der Waals surface area contributed by atoms with Crippen molar-refractivity contribution in [3.8, 4) is 34.4 Å². The lowest BCUT2D eigenvalue weighted by Crippen LogP contribution is -2.15. The number of fused-ring (bicyclic) bond motifs is 1. The van der Waals surface area contributed by atoms with E-state index in [2.05, 4.69) is 20.4 Å². The van der Waals surface area contributed by atoms with E-state index in [0.717, 1.165) is 35.4 Å². The smallest absolute Gasteiger partial charge is 0.418 e. The number of rotatable bonds is 9. The number of carbonyl (C=O) groups is 1. The zero-order valence-electron chi connectivity index (χ0n) is 22.9. The Hall–Kier alpha value is -5.40. The van der Waals surface area contributed by atoms with Gasteiger partial charge in [-0.15, -0.1) is 0 Å². The van der Waals surface area contributed by atoms with Gasteiger partial charge in [-0.3, -0.25) is 14.8 Å². The van der Waals surface area contributed by atoms with E-state index in [0.29, 0.717) is 28.2 Å². The van der Waals surface area contributed by atoms with Crippen LogP contribution in [-0.2, 0) is 6.18 Å². The lowest BCUT2D eigenvalue weighted by Gasteiger charge is -2.13. The molecule has 0 saturated carbocycles. The Morgan fingerprint density at radius 1 is 0.953 bits per heavy atom. The van der Waals surface area contributed by atoms with Crippen LogP contribution >= 0.6 is 0 Å². The number of methoxy groups -OCH3 is 2. The number of benzene rings is 2. The van der Waals surface area contributed by atoms with Gasteiger partial charge in [-0.25, -0.2) is 9.07 Å². The first kappa shape index (κ1) is 29.1. The molecule has 14 heteroatoms. The van der Waals surface area contributed by atoms with Crippen LogP contribution in [-0.4, -0.2) is 46.5 Å². The second kappa shape index (κ2) is 11.8. The molecule has 1 amide bonds. The molecule has 0 atom stereocenters. The van der Waals surface area contributed by atoms with Gasteiger partial charge < -0.3 is 24.3 Å². The zero-order valence-corrected chi connectivity index (χ0v) is 22.9. The van der Waals surface area contributed by atoms with Gasteiger partial charge in [0.25, 0.3) is 5.91 Å². The van der Waals surface area contributed by atoms with Gasteiger partial charge in [0.1, 0.15) is 5.75 Å². The van der Waals surface area contributed by atoms with Gasteiger partial charge >= 0.3 is 6.18 Å². The number of hydrogen-bond donors (Lipinski definition) is 1. The van der Waals surface area contributed by atoms with Crippen molar-refractivity contribution in [2.75, 3.05) is 26.1 Å². The molecule has 43 heavy (non-hydrogen) atoms. The Morgan fingerprint density at radius 3 is 2.42 bits per heavy atom. The third kappa shape index (κ3) is 5.98. The average Bonchev–Trinajstić information content (AvgIpc) is 3.41. The van der Waals surface area contributed by atoms with Crippen molar-refractivity contribution in [3.05, 3.63) is 84.3 Å². The summed E-state index contributed by atoms with van der Waals surface area (Å²) in [6.07, 6.45) is -0.0821. The first-order chi connectivity index (χ1) is 20.6. The van der Waals surface area contributed by atoms with Crippen LogP contribution in [0.15, 0.2) is 67.3 Å². The zero-order chi connectivity index (χ0) is 30.7. The van der Waals surface area contributed by atoms with Crippen LogP contribution in [0.5, 0.6) is 28.7 Å². The van der Waals surface area contributed by atoms with Gasteiger partial charge in [0.05, 0.1) is 50.0 Å². The molecule has 0 aliphatic heterocycles. The first-order valence-corrected chi connectivity index (χ1v) is 12.7.